The molecule has 0 aliphatic carbocycles. The summed E-state index contributed by atoms with van der Waals surface area (Å²) in [5, 5.41) is 20.0. The third-order valence-corrected chi connectivity index (χ3v) is 2.83. The number of nitrogens with zero attached hydrogens (tertiary/aromatic N) is 2. The molecule has 1 saturated heterocycles. The Morgan fingerprint density at radius 3 is 2.67 bits per heavy atom. The molecule has 0 aromatic heterocycles. The number of nitro benzene ring substituents is 1. The molecule has 2 rings (SSSR count). The Morgan fingerprint density at radius 1 is 1.56 bits per heavy atom. The third-order valence-electron chi connectivity index (χ3n) is 2.83. The van der Waals surface area contributed by atoms with Crippen molar-refractivity contribution in [2.45, 2.75) is 13.0 Å². The first kappa shape index (κ1) is 12.4. The summed E-state index contributed by atoms with van der Waals surface area (Å²) >= 11 is 0. The largest absolute Gasteiger partial charge is 0.389 e. The highest BCUT2D eigenvalue weighted by molar-refractivity contribution is 5.99. The van der Waals surface area contributed by atoms with E-state index in [4.69, 9.17) is 5.11 Å². The topological polar surface area (TPSA) is 83.7 Å². The minimum Gasteiger partial charge on any atom is -0.389 e. The highest BCUT2D eigenvalue weighted by Crippen LogP contribution is 2.27. The van der Waals surface area contributed by atoms with E-state index < -0.39 is 22.8 Å². The van der Waals surface area contributed by atoms with E-state index in [1.54, 1.807) is 0 Å². The van der Waals surface area contributed by atoms with Gasteiger partial charge in [-0.1, -0.05) is 0 Å². The van der Waals surface area contributed by atoms with Crippen LogP contribution in [0.4, 0.5) is 10.1 Å². The molecule has 18 heavy (non-hydrogen) atoms. The monoisotopic (exact) mass is 254 g/mol. The Kier molecular flexibility index (Phi) is 3.00. The minimum atomic E-state index is -0.696. The summed E-state index contributed by atoms with van der Waals surface area (Å²) in [4.78, 5) is 23.4. The fourth-order valence-electron chi connectivity index (χ4n) is 1.93. The molecule has 0 bridgehead atoms. The van der Waals surface area contributed by atoms with Gasteiger partial charge in [0, 0.05) is 18.7 Å². The van der Waals surface area contributed by atoms with E-state index in [9.17, 15) is 19.3 Å². The first-order chi connectivity index (χ1) is 8.40. The average Bonchev–Trinajstić information content (AvgIpc) is 2.22. The summed E-state index contributed by atoms with van der Waals surface area (Å²) in [5.74, 6) is -1.32. The number of rotatable bonds is 2. The molecule has 0 radical (unpaired) electrons. The number of aliphatic hydroxyl groups is 1. The zero-order valence-corrected chi connectivity index (χ0v) is 9.59. The van der Waals surface area contributed by atoms with Crippen LogP contribution in [-0.4, -0.2) is 40.0 Å². The molecule has 1 aromatic carbocycles. The van der Waals surface area contributed by atoms with Crippen molar-refractivity contribution >= 4 is 11.6 Å². The maximum Gasteiger partial charge on any atom is 0.285 e. The van der Waals surface area contributed by atoms with Crippen LogP contribution >= 0.6 is 0 Å². The standard InChI is InChI=1S/C11H11FN2O4/c1-6-2-7(12)3-9(10(6)14(17)18)11(16)13-4-8(15)5-13/h2-3,8,15H,4-5H2,1H3. The molecule has 1 aliphatic rings. The number of amides is 1. The Balaban J connectivity index is 2.42. The lowest BCUT2D eigenvalue weighted by Gasteiger charge is -2.35. The van der Waals surface area contributed by atoms with Gasteiger partial charge in [0.15, 0.2) is 0 Å². The van der Waals surface area contributed by atoms with E-state index in [2.05, 4.69) is 0 Å². The maximum atomic E-state index is 13.3. The van der Waals surface area contributed by atoms with Crippen LogP contribution in [-0.2, 0) is 0 Å². The summed E-state index contributed by atoms with van der Waals surface area (Å²) in [6.45, 7) is 1.61. The molecule has 1 heterocycles. The molecule has 96 valence electrons. The average molecular weight is 254 g/mol. The third kappa shape index (κ3) is 2.04. The Hall–Kier alpha value is -2.02. The van der Waals surface area contributed by atoms with Gasteiger partial charge >= 0.3 is 0 Å². The van der Waals surface area contributed by atoms with E-state index in [-0.39, 0.29) is 29.9 Å². The van der Waals surface area contributed by atoms with Crippen LogP contribution in [0.1, 0.15) is 15.9 Å². The van der Waals surface area contributed by atoms with Crippen LogP contribution in [0.15, 0.2) is 12.1 Å². The van der Waals surface area contributed by atoms with E-state index in [0.29, 0.717) is 0 Å². The number of hydrogen-bond donors (Lipinski definition) is 1. The lowest BCUT2D eigenvalue weighted by atomic mass is 10.0. The number of halogens is 1. The van der Waals surface area contributed by atoms with E-state index in [1.165, 1.54) is 11.8 Å². The van der Waals surface area contributed by atoms with Gasteiger partial charge in [0.2, 0.25) is 0 Å². The van der Waals surface area contributed by atoms with Gasteiger partial charge in [-0.05, 0) is 19.1 Å². The fraction of sp³-hybridized carbons (Fsp3) is 0.364. The molecule has 0 saturated carbocycles. The molecule has 1 amide bonds. The molecule has 0 unspecified atom stereocenters. The van der Waals surface area contributed by atoms with Crippen molar-refractivity contribution in [3.05, 3.63) is 39.2 Å². The van der Waals surface area contributed by atoms with Crippen LogP contribution in [0.25, 0.3) is 0 Å². The van der Waals surface area contributed by atoms with Gasteiger partial charge < -0.3 is 10.0 Å². The molecule has 1 fully saturated rings. The molecule has 0 atom stereocenters. The SMILES string of the molecule is Cc1cc(F)cc(C(=O)N2CC(O)C2)c1[N+](=O)[O-]. The number of benzene rings is 1. The van der Waals surface area contributed by atoms with Crippen molar-refractivity contribution < 1.29 is 19.2 Å². The minimum absolute atomic E-state index is 0.101. The molecule has 1 N–H and O–H groups in total. The molecular formula is C11H11FN2O4. The van der Waals surface area contributed by atoms with E-state index in [1.807, 2.05) is 0 Å². The van der Waals surface area contributed by atoms with E-state index in [0.717, 1.165) is 12.1 Å². The predicted molar refractivity (Wildman–Crippen MR) is 59.7 cm³/mol. The second-order valence-corrected chi connectivity index (χ2v) is 4.24. The lowest BCUT2D eigenvalue weighted by molar-refractivity contribution is -0.385. The van der Waals surface area contributed by atoms with Crippen LogP contribution in [0.5, 0.6) is 0 Å². The molecule has 6 nitrogen and oxygen atoms in total. The van der Waals surface area contributed by atoms with Crippen molar-refractivity contribution in [3.63, 3.8) is 0 Å². The maximum absolute atomic E-state index is 13.3. The van der Waals surface area contributed by atoms with Gasteiger partial charge in [-0.2, -0.15) is 0 Å². The van der Waals surface area contributed by atoms with Crippen molar-refractivity contribution in [2.75, 3.05) is 13.1 Å². The predicted octanol–water partition coefficient (Wildman–Crippen LogP) is 0.859. The van der Waals surface area contributed by atoms with Gasteiger partial charge in [0.1, 0.15) is 11.4 Å². The van der Waals surface area contributed by atoms with Crippen molar-refractivity contribution in [1.29, 1.82) is 0 Å². The lowest BCUT2D eigenvalue weighted by Crippen LogP contribution is -2.53. The summed E-state index contributed by atoms with van der Waals surface area (Å²) in [6.07, 6.45) is -0.609. The van der Waals surface area contributed by atoms with Gasteiger partial charge in [-0.15, -0.1) is 0 Å². The Bertz CT molecular complexity index is 526. The van der Waals surface area contributed by atoms with Gasteiger partial charge in [-0.25, -0.2) is 4.39 Å². The molecule has 1 aliphatic heterocycles. The van der Waals surface area contributed by atoms with Gasteiger partial charge in [0.05, 0.1) is 11.0 Å². The first-order valence-corrected chi connectivity index (χ1v) is 5.32. The fourth-order valence-corrected chi connectivity index (χ4v) is 1.93. The van der Waals surface area contributed by atoms with Crippen LogP contribution in [0.3, 0.4) is 0 Å². The number of β-amino-alcohol motifs (C(OH)–C–C–N with tert-alkyl or cyclic N) is 1. The summed E-state index contributed by atoms with van der Waals surface area (Å²) in [5.41, 5.74) is -0.559. The van der Waals surface area contributed by atoms with Crippen molar-refractivity contribution in [2.24, 2.45) is 0 Å². The number of hydrogen-bond acceptors (Lipinski definition) is 4. The molecule has 1 aromatic rings. The molecular weight excluding hydrogens is 243 g/mol. The Morgan fingerprint density at radius 2 is 2.17 bits per heavy atom. The van der Waals surface area contributed by atoms with Crippen LogP contribution in [0.2, 0.25) is 0 Å². The quantitative estimate of drug-likeness (QED) is 0.626. The van der Waals surface area contributed by atoms with Crippen LogP contribution in [0, 0.1) is 22.9 Å². The number of aliphatic hydroxyl groups excluding tert-OH is 1. The number of likely N-dealkylation sites (tertiary alicyclic amines) is 1. The first-order valence-electron chi connectivity index (χ1n) is 5.32. The van der Waals surface area contributed by atoms with E-state index >= 15 is 0 Å². The second kappa shape index (κ2) is 4.34. The Labute approximate surface area is 102 Å². The molecule has 7 heteroatoms. The summed E-state index contributed by atoms with van der Waals surface area (Å²) < 4.78 is 13.3. The number of carbonyl (C=O) groups excluding carboxylic acids is 1. The molecule has 0 spiro atoms. The number of aryl methyl sites for hydroxylation is 1. The zero-order valence-electron chi connectivity index (χ0n) is 9.59. The number of carbonyl (C=O) groups is 1. The second-order valence-electron chi connectivity index (χ2n) is 4.24. The highest BCUT2D eigenvalue weighted by atomic mass is 19.1. The summed E-state index contributed by atoms with van der Waals surface area (Å²) in [7, 11) is 0. The van der Waals surface area contributed by atoms with Gasteiger partial charge in [0.25, 0.3) is 11.6 Å². The van der Waals surface area contributed by atoms with Crippen LogP contribution < -0.4 is 0 Å². The van der Waals surface area contributed by atoms with Gasteiger partial charge in [-0.3, -0.25) is 14.9 Å². The van der Waals surface area contributed by atoms with Crippen molar-refractivity contribution in [1.82, 2.24) is 4.90 Å². The number of nitro groups is 1. The summed E-state index contributed by atoms with van der Waals surface area (Å²) in [6, 6.07) is 1.87. The van der Waals surface area contributed by atoms with Crippen molar-refractivity contribution in [3.8, 4) is 0 Å². The smallest absolute Gasteiger partial charge is 0.285 e. The normalized spacial score (nSPS) is 15.4. The zero-order chi connectivity index (χ0) is 13.4. The highest BCUT2D eigenvalue weighted by Gasteiger charge is 2.34.